The Kier molecular flexibility index (Phi) is 8.16. The van der Waals surface area contributed by atoms with Gasteiger partial charge in [-0.2, -0.15) is 0 Å². The van der Waals surface area contributed by atoms with Crippen molar-refractivity contribution in [1.29, 1.82) is 0 Å². The molecule has 2 aliphatic rings. The maximum atomic E-state index is 5.39. The highest BCUT2D eigenvalue weighted by Gasteiger charge is 2.10. The normalized spacial score (nSPS) is 23.0. The molecular weight excluding hydrogens is 276 g/mol. The van der Waals surface area contributed by atoms with Crippen molar-refractivity contribution in [3.63, 3.8) is 0 Å². The van der Waals surface area contributed by atoms with E-state index in [0.29, 0.717) is 0 Å². The summed E-state index contributed by atoms with van der Waals surface area (Å²) in [5.74, 6) is 0. The van der Waals surface area contributed by atoms with Crippen molar-refractivity contribution in [3.8, 4) is 0 Å². The zero-order valence-electron chi connectivity index (χ0n) is 14.4. The van der Waals surface area contributed by atoms with E-state index >= 15 is 0 Å². The Hall–Kier alpha value is -0.680. The molecule has 2 aliphatic heterocycles. The van der Waals surface area contributed by atoms with Gasteiger partial charge in [-0.15, -0.1) is 0 Å². The van der Waals surface area contributed by atoms with Crippen molar-refractivity contribution in [2.45, 2.75) is 26.7 Å². The van der Waals surface area contributed by atoms with Crippen molar-refractivity contribution in [3.05, 3.63) is 23.3 Å². The number of nitrogens with zero attached hydrogens (tertiary/aromatic N) is 2. The number of ether oxygens (including phenoxy) is 2. The van der Waals surface area contributed by atoms with Gasteiger partial charge in [-0.05, 0) is 26.7 Å². The first-order chi connectivity index (χ1) is 10.7. The van der Waals surface area contributed by atoms with Crippen LogP contribution in [0.25, 0.3) is 0 Å². The van der Waals surface area contributed by atoms with Crippen LogP contribution in [0.1, 0.15) is 26.7 Å². The average molecular weight is 308 g/mol. The summed E-state index contributed by atoms with van der Waals surface area (Å²) >= 11 is 0. The number of morpholine rings is 2. The van der Waals surface area contributed by atoms with Crippen molar-refractivity contribution >= 4 is 0 Å². The molecule has 22 heavy (non-hydrogen) atoms. The Morgan fingerprint density at radius 1 is 0.727 bits per heavy atom. The lowest BCUT2D eigenvalue weighted by Gasteiger charge is -2.27. The van der Waals surface area contributed by atoms with Gasteiger partial charge < -0.3 is 9.47 Å². The van der Waals surface area contributed by atoms with Gasteiger partial charge in [-0.25, -0.2) is 0 Å². The third-order valence-corrected chi connectivity index (χ3v) is 4.31. The zero-order chi connectivity index (χ0) is 15.6. The second-order valence-corrected chi connectivity index (χ2v) is 6.46. The molecule has 2 saturated heterocycles. The van der Waals surface area contributed by atoms with E-state index in [2.05, 4.69) is 35.8 Å². The van der Waals surface area contributed by atoms with Crippen LogP contribution in [-0.2, 0) is 9.47 Å². The van der Waals surface area contributed by atoms with E-state index in [-0.39, 0.29) is 0 Å². The van der Waals surface area contributed by atoms with Gasteiger partial charge in [-0.1, -0.05) is 23.3 Å². The number of hydrogen-bond acceptors (Lipinski definition) is 4. The van der Waals surface area contributed by atoms with Gasteiger partial charge >= 0.3 is 0 Å². The molecule has 2 rings (SSSR count). The van der Waals surface area contributed by atoms with E-state index in [1.54, 1.807) is 0 Å². The first-order valence-electron chi connectivity index (χ1n) is 8.65. The van der Waals surface area contributed by atoms with Crippen molar-refractivity contribution in [2.24, 2.45) is 0 Å². The minimum absolute atomic E-state index is 0.886. The minimum Gasteiger partial charge on any atom is -0.379 e. The topological polar surface area (TPSA) is 24.9 Å². The van der Waals surface area contributed by atoms with Crippen molar-refractivity contribution in [2.75, 3.05) is 65.7 Å². The second kappa shape index (κ2) is 10.2. The lowest BCUT2D eigenvalue weighted by atomic mass is 10.1. The molecular formula is C18H32N2O2. The van der Waals surface area contributed by atoms with Crippen molar-refractivity contribution < 1.29 is 9.47 Å². The van der Waals surface area contributed by atoms with Crippen LogP contribution in [-0.4, -0.2) is 75.5 Å². The molecule has 0 aromatic rings. The van der Waals surface area contributed by atoms with Gasteiger partial charge in [0.1, 0.15) is 0 Å². The third-order valence-electron chi connectivity index (χ3n) is 4.31. The van der Waals surface area contributed by atoms with Gasteiger partial charge in [-0.3, -0.25) is 9.80 Å². The Morgan fingerprint density at radius 3 is 1.45 bits per heavy atom. The highest BCUT2D eigenvalue weighted by Crippen LogP contribution is 2.07. The molecule has 2 heterocycles. The summed E-state index contributed by atoms with van der Waals surface area (Å²) in [5, 5.41) is 0. The van der Waals surface area contributed by atoms with Crippen LogP contribution in [0.4, 0.5) is 0 Å². The summed E-state index contributed by atoms with van der Waals surface area (Å²) in [5.41, 5.74) is 2.97. The van der Waals surface area contributed by atoms with Crippen LogP contribution in [0.3, 0.4) is 0 Å². The molecule has 0 amide bonds. The number of rotatable bonds is 7. The van der Waals surface area contributed by atoms with E-state index in [1.807, 2.05) is 0 Å². The van der Waals surface area contributed by atoms with E-state index in [1.165, 1.54) is 11.1 Å². The quantitative estimate of drug-likeness (QED) is 0.532. The molecule has 4 nitrogen and oxygen atoms in total. The second-order valence-electron chi connectivity index (χ2n) is 6.46. The predicted molar refractivity (Wildman–Crippen MR) is 91.3 cm³/mol. The Labute approximate surface area is 135 Å². The molecule has 126 valence electrons. The van der Waals surface area contributed by atoms with Crippen molar-refractivity contribution in [1.82, 2.24) is 9.80 Å². The molecule has 0 radical (unpaired) electrons. The maximum absolute atomic E-state index is 5.39. The summed E-state index contributed by atoms with van der Waals surface area (Å²) in [6.07, 6.45) is 7.09. The fourth-order valence-electron chi connectivity index (χ4n) is 3.01. The number of allylic oxidation sites excluding steroid dienone is 2. The SMILES string of the molecule is C/C(=C/CC/C=C(/C)CN1CCOCC1)CN1CCOCC1. The highest BCUT2D eigenvalue weighted by molar-refractivity contribution is 5.05. The van der Waals surface area contributed by atoms with Crippen LogP contribution in [0.2, 0.25) is 0 Å². The molecule has 2 fully saturated rings. The van der Waals surface area contributed by atoms with Gasteiger partial charge in [0, 0.05) is 39.3 Å². The third kappa shape index (κ3) is 7.05. The lowest BCUT2D eigenvalue weighted by Crippen LogP contribution is -2.37. The van der Waals surface area contributed by atoms with E-state index in [4.69, 9.17) is 9.47 Å². The first kappa shape index (κ1) is 17.7. The lowest BCUT2D eigenvalue weighted by molar-refractivity contribution is 0.0421. The van der Waals surface area contributed by atoms with Crippen LogP contribution < -0.4 is 0 Å². The van der Waals surface area contributed by atoms with Gasteiger partial charge in [0.05, 0.1) is 26.4 Å². The standard InChI is InChI=1S/C18H32N2O2/c1-17(15-19-7-11-21-12-8-19)5-3-4-6-18(2)16-20-9-13-22-14-10-20/h5-6H,3-4,7-16H2,1-2H3/b17-5-,18-6-. The average Bonchev–Trinajstić information content (AvgIpc) is 2.53. The molecule has 0 aromatic carbocycles. The van der Waals surface area contributed by atoms with Crippen LogP contribution >= 0.6 is 0 Å². The fourth-order valence-corrected chi connectivity index (χ4v) is 3.01. The van der Waals surface area contributed by atoms with E-state index in [0.717, 1.165) is 78.5 Å². The summed E-state index contributed by atoms with van der Waals surface area (Å²) in [7, 11) is 0. The van der Waals surface area contributed by atoms with E-state index < -0.39 is 0 Å². The monoisotopic (exact) mass is 308 g/mol. The molecule has 0 N–H and O–H groups in total. The minimum atomic E-state index is 0.886. The van der Waals surface area contributed by atoms with E-state index in [9.17, 15) is 0 Å². The summed E-state index contributed by atoms with van der Waals surface area (Å²) in [6, 6.07) is 0. The van der Waals surface area contributed by atoms with Crippen LogP contribution in [0.15, 0.2) is 23.3 Å². The van der Waals surface area contributed by atoms with Gasteiger partial charge in [0.2, 0.25) is 0 Å². The van der Waals surface area contributed by atoms with Crippen LogP contribution in [0, 0.1) is 0 Å². The molecule has 0 aromatic heterocycles. The Morgan fingerprint density at radius 2 is 1.09 bits per heavy atom. The molecule has 0 aliphatic carbocycles. The van der Waals surface area contributed by atoms with Gasteiger partial charge in [0.25, 0.3) is 0 Å². The Balaban J connectivity index is 1.61. The summed E-state index contributed by atoms with van der Waals surface area (Å²) in [6.45, 7) is 14.5. The maximum Gasteiger partial charge on any atom is 0.0594 e. The highest BCUT2D eigenvalue weighted by atomic mass is 16.5. The molecule has 0 bridgehead atoms. The summed E-state index contributed by atoms with van der Waals surface area (Å²) < 4.78 is 10.8. The first-order valence-corrected chi connectivity index (χ1v) is 8.65. The summed E-state index contributed by atoms with van der Waals surface area (Å²) in [4.78, 5) is 4.96. The zero-order valence-corrected chi connectivity index (χ0v) is 14.4. The van der Waals surface area contributed by atoms with Crippen LogP contribution in [0.5, 0.6) is 0 Å². The molecule has 0 saturated carbocycles. The molecule has 0 unspecified atom stereocenters. The number of hydrogen-bond donors (Lipinski definition) is 0. The molecule has 4 heteroatoms. The molecule has 0 spiro atoms. The Bertz CT molecular complexity index is 331. The smallest absolute Gasteiger partial charge is 0.0594 e. The predicted octanol–water partition coefficient (Wildman–Crippen LogP) is 2.32. The molecule has 0 atom stereocenters. The number of unbranched alkanes of at least 4 members (excludes halogenated alkanes) is 1. The largest absolute Gasteiger partial charge is 0.379 e. The van der Waals surface area contributed by atoms with Gasteiger partial charge in [0.15, 0.2) is 0 Å². The fraction of sp³-hybridized carbons (Fsp3) is 0.778.